The van der Waals surface area contributed by atoms with Crippen molar-refractivity contribution >= 4 is 11.6 Å². The average Bonchev–Trinajstić information content (AvgIpc) is 1.77. The Kier molecular flexibility index (Phi) is 2.02. The van der Waals surface area contributed by atoms with E-state index < -0.39 is 0 Å². The lowest BCUT2D eigenvalue weighted by atomic mass is 9.86. The highest BCUT2D eigenvalue weighted by atomic mass is 35.5. The zero-order valence-corrected chi connectivity index (χ0v) is 6.62. The molecule has 0 bridgehead atoms. The maximum atomic E-state index is 6.10. The molecule has 1 saturated carbocycles. The first-order valence-electron chi connectivity index (χ1n) is 3.57. The molecule has 1 aliphatic rings. The monoisotopic (exact) mass is 147 g/mol. The summed E-state index contributed by atoms with van der Waals surface area (Å²) >= 11 is 6.10. The molecule has 0 aliphatic heterocycles. The van der Waals surface area contributed by atoms with E-state index in [-0.39, 0.29) is 10.9 Å². The SMILES string of the molecule is CC1(Cl)CCCCC1N. The van der Waals surface area contributed by atoms with E-state index in [1.165, 1.54) is 12.8 Å². The van der Waals surface area contributed by atoms with E-state index in [2.05, 4.69) is 0 Å². The van der Waals surface area contributed by atoms with Crippen LogP contribution in [0.4, 0.5) is 0 Å². The molecule has 1 aliphatic carbocycles. The molecule has 9 heavy (non-hydrogen) atoms. The molecule has 1 nitrogen and oxygen atoms in total. The molecule has 0 aromatic rings. The van der Waals surface area contributed by atoms with Gasteiger partial charge in [-0.25, -0.2) is 0 Å². The molecule has 54 valence electrons. The zero-order chi connectivity index (χ0) is 6.91. The van der Waals surface area contributed by atoms with Crippen molar-refractivity contribution in [2.45, 2.75) is 43.5 Å². The van der Waals surface area contributed by atoms with Gasteiger partial charge < -0.3 is 5.73 Å². The highest BCUT2D eigenvalue weighted by Crippen LogP contribution is 2.32. The van der Waals surface area contributed by atoms with Gasteiger partial charge in [-0.05, 0) is 19.8 Å². The van der Waals surface area contributed by atoms with Crippen molar-refractivity contribution in [3.63, 3.8) is 0 Å². The molecule has 0 aromatic carbocycles. The number of hydrogen-bond acceptors (Lipinski definition) is 1. The fourth-order valence-corrected chi connectivity index (χ4v) is 1.56. The number of nitrogens with two attached hydrogens (primary N) is 1. The number of hydrogen-bond donors (Lipinski definition) is 1. The second kappa shape index (κ2) is 2.47. The molecule has 2 heteroatoms. The van der Waals surface area contributed by atoms with Crippen LogP contribution in [0.2, 0.25) is 0 Å². The minimum Gasteiger partial charge on any atom is -0.326 e. The predicted octanol–water partition coefficient (Wildman–Crippen LogP) is 1.89. The Labute approximate surface area is 61.6 Å². The van der Waals surface area contributed by atoms with Crippen LogP contribution in [0.3, 0.4) is 0 Å². The molecule has 0 heterocycles. The van der Waals surface area contributed by atoms with Gasteiger partial charge in [0.15, 0.2) is 0 Å². The molecule has 0 aromatic heterocycles. The first-order valence-corrected chi connectivity index (χ1v) is 3.95. The Bertz CT molecular complexity index is 101. The van der Waals surface area contributed by atoms with Crippen LogP contribution in [-0.4, -0.2) is 10.9 Å². The highest BCUT2D eigenvalue weighted by molar-refractivity contribution is 6.24. The van der Waals surface area contributed by atoms with Crippen molar-refractivity contribution in [3.05, 3.63) is 0 Å². The van der Waals surface area contributed by atoms with Crippen LogP contribution < -0.4 is 5.73 Å². The molecule has 0 saturated heterocycles. The number of halogens is 1. The van der Waals surface area contributed by atoms with Gasteiger partial charge in [-0.3, -0.25) is 0 Å². The van der Waals surface area contributed by atoms with E-state index in [4.69, 9.17) is 17.3 Å². The molecule has 1 rings (SSSR count). The second-order valence-corrected chi connectivity index (χ2v) is 3.99. The van der Waals surface area contributed by atoms with Gasteiger partial charge in [0.05, 0.1) is 4.87 Å². The van der Waals surface area contributed by atoms with E-state index in [0.29, 0.717) is 0 Å². The van der Waals surface area contributed by atoms with Gasteiger partial charge in [-0.2, -0.15) is 0 Å². The largest absolute Gasteiger partial charge is 0.326 e. The van der Waals surface area contributed by atoms with Crippen molar-refractivity contribution in [2.24, 2.45) is 5.73 Å². The fraction of sp³-hybridized carbons (Fsp3) is 1.00. The van der Waals surface area contributed by atoms with Crippen molar-refractivity contribution < 1.29 is 0 Å². The Balaban J connectivity index is 2.49. The quantitative estimate of drug-likeness (QED) is 0.521. The minimum atomic E-state index is -0.113. The Morgan fingerprint density at radius 1 is 1.56 bits per heavy atom. The molecule has 1 fully saturated rings. The smallest absolute Gasteiger partial charge is 0.0569 e. The molecular weight excluding hydrogens is 134 g/mol. The molecule has 0 radical (unpaired) electrons. The maximum absolute atomic E-state index is 6.10. The summed E-state index contributed by atoms with van der Waals surface area (Å²) in [6, 6.07) is 0.216. The van der Waals surface area contributed by atoms with Crippen molar-refractivity contribution in [1.29, 1.82) is 0 Å². The van der Waals surface area contributed by atoms with Crippen LogP contribution in [-0.2, 0) is 0 Å². The summed E-state index contributed by atoms with van der Waals surface area (Å²) in [4.78, 5) is -0.113. The van der Waals surface area contributed by atoms with Gasteiger partial charge in [-0.1, -0.05) is 12.8 Å². The standard InChI is InChI=1S/C7H14ClN/c1-7(8)5-3-2-4-6(7)9/h6H,2-5,9H2,1H3. The van der Waals surface area contributed by atoms with Crippen LogP contribution in [0, 0.1) is 0 Å². The minimum absolute atomic E-state index is 0.113. The second-order valence-electron chi connectivity index (χ2n) is 3.13. The van der Waals surface area contributed by atoms with Crippen LogP contribution in [0.5, 0.6) is 0 Å². The van der Waals surface area contributed by atoms with Crippen LogP contribution in [0.1, 0.15) is 32.6 Å². The molecule has 2 unspecified atom stereocenters. The first-order chi connectivity index (χ1) is 4.13. The molecular formula is C7H14ClN. The first kappa shape index (κ1) is 7.36. The summed E-state index contributed by atoms with van der Waals surface area (Å²) in [5.41, 5.74) is 5.78. The topological polar surface area (TPSA) is 26.0 Å². The molecule has 2 N–H and O–H groups in total. The third kappa shape index (κ3) is 1.59. The number of alkyl halides is 1. The molecule has 0 amide bonds. The third-order valence-corrected chi connectivity index (χ3v) is 2.67. The average molecular weight is 148 g/mol. The fourth-order valence-electron chi connectivity index (χ4n) is 1.32. The zero-order valence-electron chi connectivity index (χ0n) is 5.86. The van der Waals surface area contributed by atoms with Crippen LogP contribution in [0.15, 0.2) is 0 Å². The summed E-state index contributed by atoms with van der Waals surface area (Å²) in [7, 11) is 0. The summed E-state index contributed by atoms with van der Waals surface area (Å²) in [5.74, 6) is 0. The van der Waals surface area contributed by atoms with Crippen LogP contribution >= 0.6 is 11.6 Å². The Morgan fingerprint density at radius 3 is 2.56 bits per heavy atom. The van der Waals surface area contributed by atoms with Gasteiger partial charge in [0.2, 0.25) is 0 Å². The van der Waals surface area contributed by atoms with E-state index in [9.17, 15) is 0 Å². The van der Waals surface area contributed by atoms with Crippen molar-refractivity contribution in [1.82, 2.24) is 0 Å². The lowest BCUT2D eigenvalue weighted by Crippen LogP contribution is -2.43. The van der Waals surface area contributed by atoms with Gasteiger partial charge in [-0.15, -0.1) is 11.6 Å². The lowest BCUT2D eigenvalue weighted by Gasteiger charge is -2.33. The van der Waals surface area contributed by atoms with Crippen molar-refractivity contribution in [3.8, 4) is 0 Å². The van der Waals surface area contributed by atoms with Crippen molar-refractivity contribution in [2.75, 3.05) is 0 Å². The highest BCUT2D eigenvalue weighted by Gasteiger charge is 2.31. The number of rotatable bonds is 0. The Hall–Kier alpha value is 0.250. The van der Waals surface area contributed by atoms with Gasteiger partial charge in [0.1, 0.15) is 0 Å². The van der Waals surface area contributed by atoms with E-state index in [1.54, 1.807) is 0 Å². The van der Waals surface area contributed by atoms with Crippen LogP contribution in [0.25, 0.3) is 0 Å². The molecule has 0 spiro atoms. The summed E-state index contributed by atoms with van der Waals surface area (Å²) in [6.07, 6.45) is 4.67. The van der Waals surface area contributed by atoms with Gasteiger partial charge in [0, 0.05) is 6.04 Å². The summed E-state index contributed by atoms with van der Waals surface area (Å²) in [6.45, 7) is 2.04. The normalized spacial score (nSPS) is 45.0. The third-order valence-electron chi connectivity index (χ3n) is 2.20. The van der Waals surface area contributed by atoms with E-state index in [0.717, 1.165) is 12.8 Å². The molecule has 2 atom stereocenters. The summed E-state index contributed by atoms with van der Waals surface area (Å²) in [5, 5.41) is 0. The van der Waals surface area contributed by atoms with Gasteiger partial charge >= 0.3 is 0 Å². The predicted molar refractivity (Wildman–Crippen MR) is 40.7 cm³/mol. The summed E-state index contributed by atoms with van der Waals surface area (Å²) < 4.78 is 0. The maximum Gasteiger partial charge on any atom is 0.0569 e. The Morgan fingerprint density at radius 2 is 2.22 bits per heavy atom. The van der Waals surface area contributed by atoms with E-state index in [1.807, 2.05) is 6.92 Å². The lowest BCUT2D eigenvalue weighted by molar-refractivity contribution is 0.359. The van der Waals surface area contributed by atoms with Gasteiger partial charge in [0.25, 0.3) is 0 Å². The van der Waals surface area contributed by atoms with E-state index >= 15 is 0 Å².